The molecule has 21 heavy (non-hydrogen) atoms. The standard InChI is InChI=1S/C16H11FN2O2/c17-14-8-11(20)4-5-13(14)16(21)19-15-3-1-2-10-9-18-7-6-12(10)15/h1-9,20H,(H,19,21). The third-order valence-corrected chi connectivity index (χ3v) is 3.13. The Bertz CT molecular complexity index is 828. The van der Waals surface area contributed by atoms with E-state index in [1.165, 1.54) is 12.1 Å². The van der Waals surface area contributed by atoms with Crippen molar-refractivity contribution in [2.45, 2.75) is 0 Å². The molecule has 104 valence electrons. The highest BCUT2D eigenvalue weighted by atomic mass is 19.1. The van der Waals surface area contributed by atoms with E-state index in [2.05, 4.69) is 10.3 Å². The highest BCUT2D eigenvalue weighted by Crippen LogP contribution is 2.23. The van der Waals surface area contributed by atoms with Gasteiger partial charge in [0.15, 0.2) is 0 Å². The average Bonchev–Trinajstić information content (AvgIpc) is 2.47. The van der Waals surface area contributed by atoms with Gasteiger partial charge in [0, 0.05) is 34.9 Å². The van der Waals surface area contributed by atoms with Gasteiger partial charge in [-0.1, -0.05) is 12.1 Å². The van der Waals surface area contributed by atoms with E-state index in [1.807, 2.05) is 6.07 Å². The molecule has 0 bridgehead atoms. The number of halogens is 1. The van der Waals surface area contributed by atoms with Crippen LogP contribution in [0.2, 0.25) is 0 Å². The fourth-order valence-corrected chi connectivity index (χ4v) is 2.11. The number of phenols is 1. The monoisotopic (exact) mass is 282 g/mol. The van der Waals surface area contributed by atoms with Gasteiger partial charge >= 0.3 is 0 Å². The molecule has 0 aliphatic carbocycles. The second kappa shape index (κ2) is 5.20. The molecule has 5 heteroatoms. The summed E-state index contributed by atoms with van der Waals surface area (Å²) in [6.07, 6.45) is 3.31. The van der Waals surface area contributed by atoms with Crippen molar-refractivity contribution in [3.63, 3.8) is 0 Å². The predicted molar refractivity (Wildman–Crippen MR) is 77.8 cm³/mol. The fraction of sp³-hybridized carbons (Fsp3) is 0. The van der Waals surface area contributed by atoms with Crippen LogP contribution in [0, 0.1) is 5.82 Å². The second-order valence-corrected chi connectivity index (χ2v) is 4.52. The van der Waals surface area contributed by atoms with Crippen LogP contribution < -0.4 is 5.32 Å². The Morgan fingerprint density at radius 1 is 1.19 bits per heavy atom. The van der Waals surface area contributed by atoms with Crippen LogP contribution in [-0.4, -0.2) is 16.0 Å². The van der Waals surface area contributed by atoms with E-state index in [-0.39, 0.29) is 11.3 Å². The summed E-state index contributed by atoms with van der Waals surface area (Å²) in [5.41, 5.74) is 0.450. The number of benzene rings is 2. The molecule has 0 saturated carbocycles. The van der Waals surface area contributed by atoms with E-state index in [0.29, 0.717) is 5.69 Å². The summed E-state index contributed by atoms with van der Waals surface area (Å²) >= 11 is 0. The first-order chi connectivity index (χ1) is 10.1. The Hall–Kier alpha value is -2.95. The van der Waals surface area contributed by atoms with Crippen LogP contribution in [-0.2, 0) is 0 Å². The zero-order chi connectivity index (χ0) is 14.8. The molecule has 0 atom stereocenters. The Kier molecular flexibility index (Phi) is 3.23. The molecule has 0 aliphatic heterocycles. The lowest BCUT2D eigenvalue weighted by molar-refractivity contribution is 0.102. The first-order valence-electron chi connectivity index (χ1n) is 6.28. The maximum atomic E-state index is 13.7. The van der Waals surface area contributed by atoms with Gasteiger partial charge in [0.05, 0.1) is 5.56 Å². The first kappa shape index (κ1) is 13.1. The van der Waals surface area contributed by atoms with Crippen molar-refractivity contribution in [2.75, 3.05) is 5.32 Å². The SMILES string of the molecule is O=C(Nc1cccc2cnccc12)c1ccc(O)cc1F. The minimum absolute atomic E-state index is 0.126. The summed E-state index contributed by atoms with van der Waals surface area (Å²) in [4.78, 5) is 16.2. The number of nitrogens with one attached hydrogen (secondary N) is 1. The van der Waals surface area contributed by atoms with Crippen LogP contribution >= 0.6 is 0 Å². The molecule has 3 aromatic rings. The minimum Gasteiger partial charge on any atom is -0.508 e. The van der Waals surface area contributed by atoms with E-state index in [4.69, 9.17) is 0 Å². The number of fused-ring (bicyclic) bond motifs is 1. The highest BCUT2D eigenvalue weighted by molar-refractivity contribution is 6.09. The van der Waals surface area contributed by atoms with Crippen molar-refractivity contribution in [1.29, 1.82) is 0 Å². The number of aromatic hydroxyl groups is 1. The molecule has 1 aromatic heterocycles. The maximum Gasteiger partial charge on any atom is 0.258 e. The number of pyridine rings is 1. The zero-order valence-corrected chi connectivity index (χ0v) is 10.9. The van der Waals surface area contributed by atoms with Crippen LogP contribution in [0.15, 0.2) is 54.9 Å². The van der Waals surface area contributed by atoms with E-state index >= 15 is 0 Å². The first-order valence-corrected chi connectivity index (χ1v) is 6.28. The lowest BCUT2D eigenvalue weighted by atomic mass is 10.1. The topological polar surface area (TPSA) is 62.2 Å². The number of carbonyl (C=O) groups excluding carboxylic acids is 1. The number of amides is 1. The summed E-state index contributed by atoms with van der Waals surface area (Å²) < 4.78 is 13.7. The molecule has 0 radical (unpaired) electrons. The van der Waals surface area contributed by atoms with Gasteiger partial charge in [-0.15, -0.1) is 0 Å². The van der Waals surface area contributed by atoms with Crippen molar-refractivity contribution >= 4 is 22.4 Å². The van der Waals surface area contributed by atoms with Gasteiger partial charge in [0.25, 0.3) is 5.91 Å². The van der Waals surface area contributed by atoms with Gasteiger partial charge in [-0.05, 0) is 24.3 Å². The molecule has 0 saturated heterocycles. The molecule has 1 heterocycles. The second-order valence-electron chi connectivity index (χ2n) is 4.52. The Labute approximate surface area is 119 Å². The number of carbonyl (C=O) groups is 1. The van der Waals surface area contributed by atoms with Gasteiger partial charge in [-0.2, -0.15) is 0 Å². The fourth-order valence-electron chi connectivity index (χ4n) is 2.11. The molecule has 0 unspecified atom stereocenters. The summed E-state index contributed by atoms with van der Waals surface area (Å²) in [5.74, 6) is -1.56. The van der Waals surface area contributed by atoms with Crippen molar-refractivity contribution in [2.24, 2.45) is 0 Å². The summed E-state index contributed by atoms with van der Waals surface area (Å²) in [6, 6.07) is 10.6. The van der Waals surface area contributed by atoms with Gasteiger partial charge in [-0.25, -0.2) is 4.39 Å². The predicted octanol–water partition coefficient (Wildman–Crippen LogP) is 3.33. The van der Waals surface area contributed by atoms with Crippen LogP contribution in [0.3, 0.4) is 0 Å². The average molecular weight is 282 g/mol. The number of nitrogens with zero attached hydrogens (tertiary/aromatic N) is 1. The molecule has 3 rings (SSSR count). The van der Waals surface area contributed by atoms with Crippen molar-refractivity contribution < 1.29 is 14.3 Å². The van der Waals surface area contributed by atoms with Crippen molar-refractivity contribution in [1.82, 2.24) is 4.98 Å². The molecule has 1 amide bonds. The molecule has 2 aromatic carbocycles. The van der Waals surface area contributed by atoms with Crippen LogP contribution in [0.1, 0.15) is 10.4 Å². The smallest absolute Gasteiger partial charge is 0.258 e. The summed E-state index contributed by atoms with van der Waals surface area (Å²) in [7, 11) is 0. The quantitative estimate of drug-likeness (QED) is 0.757. The zero-order valence-electron chi connectivity index (χ0n) is 10.9. The number of anilines is 1. The van der Waals surface area contributed by atoms with E-state index < -0.39 is 11.7 Å². The van der Waals surface area contributed by atoms with Crippen LogP contribution in [0.5, 0.6) is 5.75 Å². The normalized spacial score (nSPS) is 10.5. The minimum atomic E-state index is -0.769. The van der Waals surface area contributed by atoms with Crippen molar-refractivity contribution in [3.05, 3.63) is 66.2 Å². The summed E-state index contributed by atoms with van der Waals surface area (Å²) in [5, 5.41) is 13.5. The number of hydrogen-bond acceptors (Lipinski definition) is 3. The van der Waals surface area contributed by atoms with E-state index in [9.17, 15) is 14.3 Å². The largest absolute Gasteiger partial charge is 0.508 e. The lowest BCUT2D eigenvalue weighted by Gasteiger charge is -2.09. The lowest BCUT2D eigenvalue weighted by Crippen LogP contribution is -2.13. The van der Waals surface area contributed by atoms with E-state index in [0.717, 1.165) is 16.8 Å². The number of hydrogen-bond donors (Lipinski definition) is 2. The molecule has 2 N–H and O–H groups in total. The Balaban J connectivity index is 1.97. The van der Waals surface area contributed by atoms with Crippen molar-refractivity contribution in [3.8, 4) is 5.75 Å². The van der Waals surface area contributed by atoms with Crippen LogP contribution in [0.25, 0.3) is 10.8 Å². The van der Waals surface area contributed by atoms with E-state index in [1.54, 1.807) is 30.6 Å². The Morgan fingerprint density at radius 2 is 2.05 bits per heavy atom. The number of phenolic OH excluding ortho intramolecular Hbond substituents is 1. The molecule has 4 nitrogen and oxygen atoms in total. The molecule has 0 aliphatic rings. The maximum absolute atomic E-state index is 13.7. The Morgan fingerprint density at radius 3 is 2.86 bits per heavy atom. The third-order valence-electron chi connectivity index (χ3n) is 3.13. The molecule has 0 spiro atoms. The highest BCUT2D eigenvalue weighted by Gasteiger charge is 2.13. The summed E-state index contributed by atoms with van der Waals surface area (Å²) in [6.45, 7) is 0. The van der Waals surface area contributed by atoms with Gasteiger partial charge < -0.3 is 10.4 Å². The molecule has 0 fully saturated rings. The van der Waals surface area contributed by atoms with Gasteiger partial charge in [0.1, 0.15) is 11.6 Å². The molecular weight excluding hydrogens is 271 g/mol. The molecular formula is C16H11FN2O2. The van der Waals surface area contributed by atoms with Gasteiger partial charge in [0.2, 0.25) is 0 Å². The number of rotatable bonds is 2. The number of aromatic nitrogens is 1. The van der Waals surface area contributed by atoms with Gasteiger partial charge in [-0.3, -0.25) is 9.78 Å². The van der Waals surface area contributed by atoms with Crippen LogP contribution in [0.4, 0.5) is 10.1 Å². The third kappa shape index (κ3) is 2.53.